The molecule has 2 saturated heterocycles. The summed E-state index contributed by atoms with van der Waals surface area (Å²) in [6.07, 6.45) is 4.47. The van der Waals surface area contributed by atoms with Gasteiger partial charge in [-0.05, 0) is 32.1 Å². The molecule has 0 aromatic rings. The van der Waals surface area contributed by atoms with Crippen LogP contribution in [0.3, 0.4) is 0 Å². The Balaban J connectivity index is 1.68. The van der Waals surface area contributed by atoms with Crippen molar-refractivity contribution in [3.05, 3.63) is 0 Å². The summed E-state index contributed by atoms with van der Waals surface area (Å²) in [5.74, 6) is -0.945. The molecule has 5 nitrogen and oxygen atoms in total. The summed E-state index contributed by atoms with van der Waals surface area (Å²) in [6, 6.07) is 0. The zero-order chi connectivity index (χ0) is 15.9. The van der Waals surface area contributed by atoms with E-state index in [1.54, 1.807) is 4.90 Å². The third-order valence-electron chi connectivity index (χ3n) is 5.00. The van der Waals surface area contributed by atoms with Crippen molar-refractivity contribution >= 4 is 49.6 Å². The maximum Gasteiger partial charge on any atom is 0.242 e. The Hall–Kier alpha value is -0.430. The van der Waals surface area contributed by atoms with Gasteiger partial charge < -0.3 is 4.90 Å². The van der Waals surface area contributed by atoms with E-state index in [2.05, 4.69) is 31.9 Å². The highest BCUT2D eigenvalue weighted by molar-refractivity contribution is 9.12. The highest BCUT2D eigenvalue weighted by Crippen LogP contribution is 2.43. The van der Waals surface area contributed by atoms with Crippen molar-refractivity contribution in [2.45, 2.75) is 41.8 Å². The predicted molar refractivity (Wildman–Crippen MR) is 88.8 cm³/mol. The Morgan fingerprint density at radius 2 is 1.45 bits per heavy atom. The zero-order valence-corrected chi connectivity index (χ0v) is 15.5. The van der Waals surface area contributed by atoms with Gasteiger partial charge in [-0.15, -0.1) is 0 Å². The van der Waals surface area contributed by atoms with Gasteiger partial charge in [0.25, 0.3) is 0 Å². The zero-order valence-electron chi connectivity index (χ0n) is 12.3. The molecule has 0 radical (unpaired) electrons. The molecule has 0 N–H and O–H groups in total. The van der Waals surface area contributed by atoms with Crippen LogP contribution in [0.25, 0.3) is 0 Å². The van der Waals surface area contributed by atoms with Crippen LogP contribution in [-0.4, -0.2) is 56.8 Å². The number of likely N-dealkylation sites (tertiary alicyclic amines) is 2. The lowest BCUT2D eigenvalue weighted by Gasteiger charge is -2.29. The molecule has 3 amide bonds. The first-order valence-corrected chi connectivity index (χ1v) is 9.73. The van der Waals surface area contributed by atoms with Gasteiger partial charge in [-0.2, -0.15) is 0 Å². The number of imide groups is 1. The molecule has 3 aliphatic rings. The van der Waals surface area contributed by atoms with Crippen LogP contribution in [0.5, 0.6) is 0 Å². The van der Waals surface area contributed by atoms with E-state index in [4.69, 9.17) is 0 Å². The van der Waals surface area contributed by atoms with Gasteiger partial charge in [0, 0.05) is 22.7 Å². The van der Waals surface area contributed by atoms with Crippen LogP contribution in [0.15, 0.2) is 0 Å². The molecule has 2 heterocycles. The third-order valence-corrected chi connectivity index (χ3v) is 7.74. The van der Waals surface area contributed by atoms with Crippen LogP contribution >= 0.6 is 31.9 Å². The quantitative estimate of drug-likeness (QED) is 0.491. The van der Waals surface area contributed by atoms with E-state index in [0.29, 0.717) is 12.8 Å². The molecule has 2 aliphatic heterocycles. The van der Waals surface area contributed by atoms with Crippen molar-refractivity contribution in [1.82, 2.24) is 9.80 Å². The summed E-state index contributed by atoms with van der Waals surface area (Å²) in [4.78, 5) is 40.8. The fourth-order valence-corrected chi connectivity index (χ4v) is 4.94. The molecule has 4 atom stereocenters. The molecule has 7 heteroatoms. The monoisotopic (exact) mass is 434 g/mol. The minimum atomic E-state index is -0.264. The van der Waals surface area contributed by atoms with Gasteiger partial charge >= 0.3 is 0 Å². The maximum absolute atomic E-state index is 12.5. The molecule has 3 fully saturated rings. The number of rotatable bonds is 2. The molecule has 0 unspecified atom stereocenters. The molecule has 3 rings (SSSR count). The Labute approximate surface area is 147 Å². The molecular weight excluding hydrogens is 416 g/mol. The summed E-state index contributed by atoms with van der Waals surface area (Å²) in [7, 11) is 0. The summed E-state index contributed by atoms with van der Waals surface area (Å²) in [5.41, 5.74) is 0. The second-order valence-electron chi connectivity index (χ2n) is 6.42. The van der Waals surface area contributed by atoms with E-state index in [0.717, 1.165) is 32.4 Å². The molecule has 0 bridgehead atoms. The Kier molecular flexibility index (Phi) is 4.92. The SMILES string of the molecule is O=C(CN1C(=O)[C@H]2C[C@@H](Br)[C@@H](Br)C[C@H]2C1=O)N1CCCCC1. The number of carbonyl (C=O) groups is 3. The predicted octanol–water partition coefficient (Wildman–Crippen LogP) is 1.92. The van der Waals surface area contributed by atoms with Crippen LogP contribution in [0, 0.1) is 11.8 Å². The maximum atomic E-state index is 12.5. The van der Waals surface area contributed by atoms with E-state index in [1.807, 2.05) is 0 Å². The van der Waals surface area contributed by atoms with Crippen molar-refractivity contribution < 1.29 is 14.4 Å². The van der Waals surface area contributed by atoms with Gasteiger partial charge in [0.1, 0.15) is 6.54 Å². The standard InChI is InChI=1S/C15H20Br2N2O3/c16-11-6-9-10(7-12(11)17)15(22)19(14(9)21)8-13(20)18-4-2-1-3-5-18/h9-12H,1-8H2/t9-,10+,11+,12-. The number of alkyl halides is 2. The minimum absolute atomic E-state index is 0.0788. The second kappa shape index (κ2) is 6.59. The number of amides is 3. The highest BCUT2D eigenvalue weighted by atomic mass is 79.9. The number of halogens is 2. The Morgan fingerprint density at radius 3 is 1.95 bits per heavy atom. The molecule has 0 aromatic heterocycles. The fraction of sp³-hybridized carbons (Fsp3) is 0.800. The van der Waals surface area contributed by atoms with E-state index in [-0.39, 0.29) is 45.8 Å². The van der Waals surface area contributed by atoms with Crippen molar-refractivity contribution in [2.75, 3.05) is 19.6 Å². The minimum Gasteiger partial charge on any atom is -0.341 e. The average molecular weight is 436 g/mol. The van der Waals surface area contributed by atoms with Crippen molar-refractivity contribution in [3.8, 4) is 0 Å². The van der Waals surface area contributed by atoms with Gasteiger partial charge in [-0.1, -0.05) is 31.9 Å². The normalized spacial score (nSPS) is 35.7. The number of fused-ring (bicyclic) bond motifs is 1. The Bertz CT molecular complexity index is 465. The summed E-state index contributed by atoms with van der Waals surface area (Å²) in [6.45, 7) is 1.41. The number of carbonyl (C=O) groups excluding carboxylic acids is 3. The van der Waals surface area contributed by atoms with Gasteiger partial charge in [0.15, 0.2) is 0 Å². The van der Waals surface area contributed by atoms with Crippen LogP contribution in [0.1, 0.15) is 32.1 Å². The van der Waals surface area contributed by atoms with Crippen molar-refractivity contribution in [1.29, 1.82) is 0 Å². The first-order chi connectivity index (χ1) is 10.5. The third kappa shape index (κ3) is 2.98. The van der Waals surface area contributed by atoms with Crippen LogP contribution in [0.4, 0.5) is 0 Å². The van der Waals surface area contributed by atoms with Gasteiger partial charge in [0.05, 0.1) is 11.8 Å². The molecular formula is C15H20Br2N2O3. The van der Waals surface area contributed by atoms with Gasteiger partial charge in [-0.3, -0.25) is 19.3 Å². The summed E-state index contributed by atoms with van der Waals surface area (Å²) in [5, 5.41) is 0. The van der Waals surface area contributed by atoms with E-state index >= 15 is 0 Å². The molecule has 22 heavy (non-hydrogen) atoms. The van der Waals surface area contributed by atoms with Crippen LogP contribution in [-0.2, 0) is 14.4 Å². The van der Waals surface area contributed by atoms with Gasteiger partial charge in [-0.25, -0.2) is 0 Å². The van der Waals surface area contributed by atoms with Crippen molar-refractivity contribution in [3.63, 3.8) is 0 Å². The first kappa shape index (κ1) is 16.4. The average Bonchev–Trinajstić information content (AvgIpc) is 2.74. The van der Waals surface area contributed by atoms with Crippen LogP contribution < -0.4 is 0 Å². The van der Waals surface area contributed by atoms with E-state index in [9.17, 15) is 14.4 Å². The lowest BCUT2D eigenvalue weighted by atomic mass is 9.81. The van der Waals surface area contributed by atoms with E-state index < -0.39 is 0 Å². The summed E-state index contributed by atoms with van der Waals surface area (Å²) < 4.78 is 0. The fourth-order valence-electron chi connectivity index (χ4n) is 3.70. The van der Waals surface area contributed by atoms with Crippen molar-refractivity contribution in [2.24, 2.45) is 11.8 Å². The lowest BCUT2D eigenvalue weighted by molar-refractivity contribution is -0.146. The van der Waals surface area contributed by atoms with Crippen LogP contribution in [0.2, 0.25) is 0 Å². The summed E-state index contributed by atoms with van der Waals surface area (Å²) >= 11 is 7.13. The highest BCUT2D eigenvalue weighted by Gasteiger charge is 2.52. The molecule has 0 spiro atoms. The second-order valence-corrected chi connectivity index (χ2v) is 8.77. The topological polar surface area (TPSA) is 57.7 Å². The smallest absolute Gasteiger partial charge is 0.242 e. The number of nitrogens with zero attached hydrogens (tertiary/aromatic N) is 2. The molecule has 122 valence electrons. The Morgan fingerprint density at radius 1 is 0.955 bits per heavy atom. The molecule has 1 saturated carbocycles. The molecule has 1 aliphatic carbocycles. The lowest BCUT2D eigenvalue weighted by Crippen LogP contribution is -2.44. The first-order valence-electron chi connectivity index (χ1n) is 7.90. The number of hydrogen-bond acceptors (Lipinski definition) is 3. The number of hydrogen-bond donors (Lipinski definition) is 0. The molecule has 0 aromatic carbocycles. The largest absolute Gasteiger partial charge is 0.341 e. The van der Waals surface area contributed by atoms with Gasteiger partial charge in [0.2, 0.25) is 17.7 Å². The van der Waals surface area contributed by atoms with E-state index in [1.165, 1.54) is 4.90 Å². The number of piperidine rings is 1.